The van der Waals surface area contributed by atoms with Crippen molar-refractivity contribution in [2.24, 2.45) is 0 Å². The molecular formula is C36H35Cl2N5O3. The van der Waals surface area contributed by atoms with E-state index in [-0.39, 0.29) is 30.9 Å². The molecule has 2 heterocycles. The highest BCUT2D eigenvalue weighted by Gasteiger charge is 2.51. The van der Waals surface area contributed by atoms with Crippen LogP contribution in [0.3, 0.4) is 0 Å². The Kier molecular flexibility index (Phi) is 9.88. The van der Waals surface area contributed by atoms with E-state index in [1.807, 2.05) is 97.1 Å². The van der Waals surface area contributed by atoms with Gasteiger partial charge in [0.05, 0.1) is 13.1 Å². The molecule has 0 aliphatic carbocycles. The molecule has 10 heteroatoms. The number of piperazine rings is 1. The molecule has 0 spiro atoms. The maximum atomic E-state index is 14.2. The van der Waals surface area contributed by atoms with E-state index in [9.17, 15) is 14.4 Å². The lowest BCUT2D eigenvalue weighted by Crippen LogP contribution is -2.76. The van der Waals surface area contributed by atoms with E-state index in [0.29, 0.717) is 42.5 Å². The van der Waals surface area contributed by atoms with E-state index in [4.69, 9.17) is 23.2 Å². The number of carbonyl (C=O) groups is 3. The lowest BCUT2D eigenvalue weighted by atomic mass is 9.98. The Morgan fingerprint density at radius 3 is 1.96 bits per heavy atom. The third-order valence-electron chi connectivity index (χ3n) is 8.46. The van der Waals surface area contributed by atoms with Crippen molar-refractivity contribution in [1.82, 2.24) is 25.1 Å². The molecule has 0 bridgehead atoms. The lowest BCUT2D eigenvalue weighted by molar-refractivity contribution is -0.191. The summed E-state index contributed by atoms with van der Waals surface area (Å²) in [5.41, 5.74) is 3.84. The van der Waals surface area contributed by atoms with Crippen LogP contribution in [0, 0.1) is 0 Å². The lowest BCUT2D eigenvalue weighted by Gasteiger charge is -2.55. The van der Waals surface area contributed by atoms with Crippen LogP contribution in [0.15, 0.2) is 109 Å². The van der Waals surface area contributed by atoms with E-state index < -0.39 is 12.2 Å². The quantitative estimate of drug-likeness (QED) is 0.248. The van der Waals surface area contributed by atoms with Crippen molar-refractivity contribution in [3.8, 4) is 0 Å². The number of hydrogen-bond donors (Lipinski definition) is 1. The molecule has 236 valence electrons. The number of nitrogens with one attached hydrogen (secondary N) is 1. The summed E-state index contributed by atoms with van der Waals surface area (Å²) in [4.78, 5) is 45.8. The van der Waals surface area contributed by atoms with Crippen LogP contribution in [0.2, 0.25) is 10.0 Å². The highest BCUT2D eigenvalue weighted by Crippen LogP contribution is 2.30. The zero-order valence-corrected chi connectivity index (χ0v) is 26.8. The van der Waals surface area contributed by atoms with Crippen molar-refractivity contribution < 1.29 is 14.4 Å². The number of nitrogens with zero attached hydrogens (tertiary/aromatic N) is 4. The van der Waals surface area contributed by atoms with Crippen LogP contribution in [-0.4, -0.2) is 69.5 Å². The summed E-state index contributed by atoms with van der Waals surface area (Å²) in [5.74, 6) is -0.340. The third-order valence-corrected chi connectivity index (χ3v) is 8.96. The van der Waals surface area contributed by atoms with Gasteiger partial charge in [0.15, 0.2) is 0 Å². The first kappa shape index (κ1) is 31.6. The fourth-order valence-corrected chi connectivity index (χ4v) is 6.39. The van der Waals surface area contributed by atoms with E-state index >= 15 is 0 Å². The second-order valence-corrected chi connectivity index (χ2v) is 12.5. The monoisotopic (exact) mass is 655 g/mol. The first-order chi connectivity index (χ1) is 22.4. The molecule has 0 saturated carbocycles. The van der Waals surface area contributed by atoms with Gasteiger partial charge >= 0.3 is 6.03 Å². The zero-order valence-electron chi connectivity index (χ0n) is 25.3. The molecule has 2 aliphatic rings. The highest BCUT2D eigenvalue weighted by molar-refractivity contribution is 6.30. The summed E-state index contributed by atoms with van der Waals surface area (Å²) < 4.78 is 0. The van der Waals surface area contributed by atoms with Gasteiger partial charge in [-0.1, -0.05) is 108 Å². The molecule has 4 aromatic rings. The topological polar surface area (TPSA) is 76.2 Å². The molecule has 2 atom stereocenters. The Morgan fingerprint density at radius 2 is 1.33 bits per heavy atom. The molecule has 1 N–H and O–H groups in total. The Balaban J connectivity index is 1.33. The van der Waals surface area contributed by atoms with Crippen LogP contribution in [0.25, 0.3) is 0 Å². The summed E-state index contributed by atoms with van der Waals surface area (Å²) in [6.07, 6.45) is 0.194. The number of halogens is 2. The summed E-state index contributed by atoms with van der Waals surface area (Å²) in [5, 5.41) is 7.75. The van der Waals surface area contributed by atoms with Crippen LogP contribution in [0.1, 0.15) is 22.3 Å². The van der Waals surface area contributed by atoms with Gasteiger partial charge < -0.3 is 15.1 Å². The van der Waals surface area contributed by atoms with E-state index in [1.54, 1.807) is 32.0 Å². The molecule has 4 amide bonds. The van der Waals surface area contributed by atoms with Crippen molar-refractivity contribution >= 4 is 41.0 Å². The first-order valence-electron chi connectivity index (χ1n) is 15.3. The fraction of sp³-hybridized carbons (Fsp3) is 0.250. The Labute approximate surface area is 279 Å². The predicted molar refractivity (Wildman–Crippen MR) is 179 cm³/mol. The highest BCUT2D eigenvalue weighted by atomic mass is 35.5. The normalized spacial score (nSPS) is 18.4. The number of rotatable bonds is 9. The van der Waals surface area contributed by atoms with Gasteiger partial charge in [0.25, 0.3) is 0 Å². The number of hydrazine groups is 1. The SMILES string of the molecule is O=C1C(Cc2ccc(Cl)cc2)N2C(=O)CN(Cc3ccccc3)N(C(=O)NCc3ccccc3)C2CN1CCc1ccc(Cl)cc1. The molecule has 46 heavy (non-hydrogen) atoms. The molecule has 2 unspecified atom stereocenters. The summed E-state index contributed by atoms with van der Waals surface area (Å²) in [6, 6.07) is 33.2. The van der Waals surface area contributed by atoms with Gasteiger partial charge in [-0.3, -0.25) is 9.59 Å². The maximum absolute atomic E-state index is 14.2. The summed E-state index contributed by atoms with van der Waals surface area (Å²) in [6.45, 7) is 1.24. The number of fused-ring (bicyclic) bond motifs is 1. The molecule has 2 aliphatic heterocycles. The standard InChI is InChI=1S/C36H35Cl2N5O3/c37-30-15-11-26(12-16-30)19-20-40-24-33-42(32(35(40)45)21-27-13-17-31(38)18-14-27)34(44)25-41(23-29-9-5-2-6-10-29)43(33)36(46)39-22-28-7-3-1-4-8-28/h1-18,32-33H,19-25H2,(H,39,46). The van der Waals surface area contributed by atoms with Gasteiger partial charge in [-0.15, -0.1) is 0 Å². The maximum Gasteiger partial charge on any atom is 0.334 e. The van der Waals surface area contributed by atoms with Gasteiger partial charge in [0.2, 0.25) is 11.8 Å². The predicted octanol–water partition coefficient (Wildman–Crippen LogP) is 5.79. The van der Waals surface area contributed by atoms with Crippen molar-refractivity contribution in [3.05, 3.63) is 141 Å². The minimum atomic E-state index is -0.791. The van der Waals surface area contributed by atoms with Crippen LogP contribution in [0.5, 0.6) is 0 Å². The van der Waals surface area contributed by atoms with Crippen molar-refractivity contribution in [2.45, 2.75) is 38.1 Å². The smallest absolute Gasteiger partial charge is 0.334 e. The summed E-state index contributed by atoms with van der Waals surface area (Å²) in [7, 11) is 0. The second kappa shape index (κ2) is 14.4. The van der Waals surface area contributed by atoms with Gasteiger partial charge in [-0.2, -0.15) is 0 Å². The largest absolute Gasteiger partial charge is 0.337 e. The molecule has 2 fully saturated rings. The Bertz CT molecular complexity index is 1660. The third kappa shape index (κ3) is 7.36. The van der Waals surface area contributed by atoms with E-state index in [2.05, 4.69) is 5.32 Å². The summed E-state index contributed by atoms with van der Waals surface area (Å²) >= 11 is 12.3. The molecule has 0 aromatic heterocycles. The van der Waals surface area contributed by atoms with Crippen LogP contribution >= 0.6 is 23.2 Å². The Morgan fingerprint density at radius 1 is 0.739 bits per heavy atom. The average molecular weight is 657 g/mol. The van der Waals surface area contributed by atoms with Gasteiger partial charge in [0, 0.05) is 36.1 Å². The van der Waals surface area contributed by atoms with E-state index in [0.717, 1.165) is 22.3 Å². The van der Waals surface area contributed by atoms with Crippen molar-refractivity contribution in [3.63, 3.8) is 0 Å². The number of urea groups is 1. The molecule has 0 radical (unpaired) electrons. The molecule has 2 saturated heterocycles. The van der Waals surface area contributed by atoms with Crippen molar-refractivity contribution in [1.29, 1.82) is 0 Å². The van der Waals surface area contributed by atoms with Crippen molar-refractivity contribution in [2.75, 3.05) is 19.6 Å². The first-order valence-corrected chi connectivity index (χ1v) is 16.1. The second-order valence-electron chi connectivity index (χ2n) is 11.6. The number of amides is 4. The fourth-order valence-electron chi connectivity index (χ4n) is 6.14. The minimum absolute atomic E-state index is 0.0423. The van der Waals surface area contributed by atoms with Crippen LogP contribution in [-0.2, 0) is 35.5 Å². The van der Waals surface area contributed by atoms with Gasteiger partial charge in [0.1, 0.15) is 12.2 Å². The van der Waals surface area contributed by atoms with Gasteiger partial charge in [-0.25, -0.2) is 14.8 Å². The van der Waals surface area contributed by atoms with E-state index in [1.165, 1.54) is 0 Å². The Hall–Kier alpha value is -4.37. The average Bonchev–Trinajstić information content (AvgIpc) is 3.07. The zero-order chi connectivity index (χ0) is 32.0. The van der Waals surface area contributed by atoms with Crippen LogP contribution in [0.4, 0.5) is 4.79 Å². The number of carbonyl (C=O) groups excluding carboxylic acids is 3. The molecular weight excluding hydrogens is 621 g/mol. The molecule has 4 aromatic carbocycles. The minimum Gasteiger partial charge on any atom is -0.337 e. The molecule has 6 rings (SSSR count). The number of hydrogen-bond acceptors (Lipinski definition) is 4. The van der Waals surface area contributed by atoms with Gasteiger partial charge in [-0.05, 0) is 52.9 Å². The van der Waals surface area contributed by atoms with Crippen LogP contribution < -0.4 is 5.32 Å². The number of benzene rings is 4. The molecule has 8 nitrogen and oxygen atoms in total.